The molecule has 35 heavy (non-hydrogen) atoms. The molecule has 0 saturated heterocycles. The van der Waals surface area contributed by atoms with Crippen molar-refractivity contribution in [2.45, 2.75) is 155 Å². The molecule has 0 amide bonds. The van der Waals surface area contributed by atoms with E-state index in [4.69, 9.17) is 0 Å². The summed E-state index contributed by atoms with van der Waals surface area (Å²) >= 11 is 0. The maximum atomic E-state index is 2.52. The molecule has 0 radical (unpaired) electrons. The Balaban J connectivity index is 1.50. The number of hydrogen-bond donors (Lipinski definition) is 0. The summed E-state index contributed by atoms with van der Waals surface area (Å²) in [6.45, 7) is 6.90. The van der Waals surface area contributed by atoms with E-state index in [1.807, 2.05) is 0 Å². The van der Waals surface area contributed by atoms with Gasteiger partial charge in [-0.3, -0.25) is 0 Å². The Bertz CT molecular complexity index is 718. The molecule has 0 aliphatic heterocycles. The average molecular weight is 482 g/mol. The van der Waals surface area contributed by atoms with Crippen LogP contribution in [-0.2, 0) is 19.5 Å². The summed E-state index contributed by atoms with van der Waals surface area (Å²) in [7, 11) is 0. The second-order valence-corrected chi connectivity index (χ2v) is 10.8. The Morgan fingerprint density at radius 2 is 1.06 bits per heavy atom. The van der Waals surface area contributed by atoms with Gasteiger partial charge in [0.25, 0.3) is 5.82 Å². The first kappa shape index (κ1) is 29.7. The van der Waals surface area contributed by atoms with Crippen molar-refractivity contribution in [2.24, 2.45) is 0 Å². The van der Waals surface area contributed by atoms with Gasteiger partial charge in [0.1, 0.15) is 12.4 Å². The lowest BCUT2D eigenvalue weighted by Crippen LogP contribution is -2.37. The predicted octanol–water partition coefficient (Wildman–Crippen LogP) is 9.82. The van der Waals surface area contributed by atoms with Crippen LogP contribution in [0.2, 0.25) is 0 Å². The minimum absolute atomic E-state index is 1.04. The van der Waals surface area contributed by atoms with Crippen molar-refractivity contribution >= 4 is 0 Å². The zero-order valence-electron chi connectivity index (χ0n) is 23.5. The normalized spacial score (nSPS) is 11.4. The number of aryl methyl sites for hydroxylation is 2. The molecule has 1 aromatic carbocycles. The summed E-state index contributed by atoms with van der Waals surface area (Å²) < 4.78 is 5.01. The summed E-state index contributed by atoms with van der Waals surface area (Å²) in [5, 5.41) is 0. The molecule has 0 spiro atoms. The van der Waals surface area contributed by atoms with Gasteiger partial charge in [-0.1, -0.05) is 147 Å². The maximum absolute atomic E-state index is 2.52. The summed E-state index contributed by atoms with van der Waals surface area (Å²) in [4.78, 5) is 0. The fraction of sp³-hybridized carbons (Fsp3) is 0.727. The van der Waals surface area contributed by atoms with Gasteiger partial charge >= 0.3 is 0 Å². The first-order valence-corrected chi connectivity index (χ1v) is 15.5. The van der Waals surface area contributed by atoms with E-state index >= 15 is 0 Å². The van der Waals surface area contributed by atoms with Crippen LogP contribution in [0.15, 0.2) is 42.7 Å². The number of benzene rings is 1. The van der Waals surface area contributed by atoms with Crippen LogP contribution in [0.3, 0.4) is 0 Å². The minimum Gasteiger partial charge on any atom is -0.234 e. The van der Waals surface area contributed by atoms with Crippen LogP contribution in [0.4, 0.5) is 0 Å². The van der Waals surface area contributed by atoms with E-state index in [1.54, 1.807) is 0 Å². The Morgan fingerprint density at radius 1 is 0.571 bits per heavy atom. The van der Waals surface area contributed by atoms with Crippen LogP contribution in [0, 0.1) is 0 Å². The van der Waals surface area contributed by atoms with Gasteiger partial charge in [0.2, 0.25) is 0 Å². The van der Waals surface area contributed by atoms with Crippen LogP contribution >= 0.6 is 0 Å². The van der Waals surface area contributed by atoms with E-state index in [0.29, 0.717) is 0 Å². The number of unbranched alkanes of at least 4 members (excludes halogenated alkanes) is 17. The van der Waals surface area contributed by atoms with Crippen LogP contribution in [-0.4, -0.2) is 4.57 Å². The van der Waals surface area contributed by atoms with Gasteiger partial charge in [0, 0.05) is 0 Å². The van der Waals surface area contributed by atoms with E-state index in [1.165, 1.54) is 140 Å². The van der Waals surface area contributed by atoms with Crippen molar-refractivity contribution in [3.05, 3.63) is 54.1 Å². The standard InChI is InChI=1S/C33H57N2/c1-3-5-7-8-9-10-11-12-13-14-15-16-17-18-19-20-24-28-35-30-29-34(27-6-4-2)33(35)31-32-25-22-21-23-26-32/h21-23,25-26,29-30H,3-20,24,27-28,31H2,1-2H3/q+1. The SMILES string of the molecule is CCCCCCCCCCCCCCCCCCC[n+]1ccn(CCCC)c1Cc1ccccc1. The van der Waals surface area contributed by atoms with Crippen LogP contribution in [0.1, 0.15) is 147 Å². The van der Waals surface area contributed by atoms with Gasteiger partial charge in [-0.25, -0.2) is 9.13 Å². The molecule has 2 aromatic rings. The van der Waals surface area contributed by atoms with Gasteiger partial charge < -0.3 is 0 Å². The van der Waals surface area contributed by atoms with E-state index in [2.05, 4.69) is 65.7 Å². The smallest absolute Gasteiger partial charge is 0.234 e. The molecule has 0 N–H and O–H groups in total. The number of aromatic nitrogens is 2. The topological polar surface area (TPSA) is 8.81 Å². The second-order valence-electron chi connectivity index (χ2n) is 10.8. The third-order valence-electron chi connectivity index (χ3n) is 7.55. The highest BCUT2D eigenvalue weighted by Gasteiger charge is 2.17. The molecular weight excluding hydrogens is 424 g/mol. The molecule has 0 saturated carbocycles. The Hall–Kier alpha value is -1.57. The van der Waals surface area contributed by atoms with E-state index < -0.39 is 0 Å². The van der Waals surface area contributed by atoms with Gasteiger partial charge in [0.15, 0.2) is 0 Å². The second kappa shape index (κ2) is 20.6. The van der Waals surface area contributed by atoms with Crippen molar-refractivity contribution < 1.29 is 4.57 Å². The lowest BCUT2D eigenvalue weighted by molar-refractivity contribution is -0.703. The molecule has 1 aromatic heterocycles. The molecule has 2 heteroatoms. The molecule has 0 aliphatic carbocycles. The molecule has 2 nitrogen and oxygen atoms in total. The molecule has 1 heterocycles. The molecule has 198 valence electrons. The highest BCUT2D eigenvalue weighted by atomic mass is 15.1. The number of imidazole rings is 1. The van der Waals surface area contributed by atoms with Crippen LogP contribution in [0.25, 0.3) is 0 Å². The highest BCUT2D eigenvalue weighted by Crippen LogP contribution is 2.14. The zero-order chi connectivity index (χ0) is 24.8. The van der Waals surface area contributed by atoms with Crippen molar-refractivity contribution in [3.8, 4) is 0 Å². The van der Waals surface area contributed by atoms with Crippen LogP contribution < -0.4 is 4.57 Å². The lowest BCUT2D eigenvalue weighted by Gasteiger charge is -2.06. The largest absolute Gasteiger partial charge is 0.260 e. The summed E-state index contributed by atoms with van der Waals surface area (Å²) in [6.07, 6.45) is 32.6. The third-order valence-corrected chi connectivity index (χ3v) is 7.55. The summed E-state index contributed by atoms with van der Waals surface area (Å²) in [5.41, 5.74) is 1.42. The molecule has 0 atom stereocenters. The summed E-state index contributed by atoms with van der Waals surface area (Å²) in [6, 6.07) is 11.0. The predicted molar refractivity (Wildman–Crippen MR) is 153 cm³/mol. The fourth-order valence-electron chi connectivity index (χ4n) is 5.22. The molecule has 0 unspecified atom stereocenters. The Kier molecular flexibility index (Phi) is 17.5. The summed E-state index contributed by atoms with van der Waals surface area (Å²) in [5.74, 6) is 1.47. The molecular formula is C33H57N2+. The quantitative estimate of drug-likeness (QED) is 0.110. The van der Waals surface area contributed by atoms with Gasteiger partial charge in [-0.15, -0.1) is 0 Å². The first-order valence-electron chi connectivity index (χ1n) is 15.5. The molecule has 0 aliphatic rings. The first-order chi connectivity index (χ1) is 17.3. The van der Waals surface area contributed by atoms with Gasteiger partial charge in [-0.05, 0) is 24.8 Å². The minimum atomic E-state index is 1.04. The Morgan fingerprint density at radius 3 is 1.57 bits per heavy atom. The lowest BCUT2D eigenvalue weighted by atomic mass is 10.0. The third kappa shape index (κ3) is 13.9. The monoisotopic (exact) mass is 481 g/mol. The molecule has 0 bridgehead atoms. The van der Waals surface area contributed by atoms with Gasteiger partial charge in [0.05, 0.1) is 19.5 Å². The number of hydrogen-bond acceptors (Lipinski definition) is 0. The van der Waals surface area contributed by atoms with Crippen molar-refractivity contribution in [3.63, 3.8) is 0 Å². The van der Waals surface area contributed by atoms with E-state index in [-0.39, 0.29) is 0 Å². The zero-order valence-corrected chi connectivity index (χ0v) is 23.5. The van der Waals surface area contributed by atoms with Crippen molar-refractivity contribution in [1.29, 1.82) is 0 Å². The van der Waals surface area contributed by atoms with Crippen molar-refractivity contribution in [1.82, 2.24) is 4.57 Å². The number of rotatable bonds is 23. The molecule has 2 rings (SSSR count). The fourth-order valence-corrected chi connectivity index (χ4v) is 5.22. The van der Waals surface area contributed by atoms with Crippen molar-refractivity contribution in [2.75, 3.05) is 0 Å². The maximum Gasteiger partial charge on any atom is 0.260 e. The molecule has 0 fully saturated rings. The Labute approximate surface area is 218 Å². The van der Waals surface area contributed by atoms with E-state index in [0.717, 1.165) is 13.0 Å². The van der Waals surface area contributed by atoms with E-state index in [9.17, 15) is 0 Å². The van der Waals surface area contributed by atoms with Gasteiger partial charge in [-0.2, -0.15) is 0 Å². The number of nitrogens with zero attached hydrogens (tertiary/aromatic N) is 2. The highest BCUT2D eigenvalue weighted by molar-refractivity contribution is 5.18. The van der Waals surface area contributed by atoms with Crippen LogP contribution in [0.5, 0.6) is 0 Å². The average Bonchev–Trinajstić information content (AvgIpc) is 3.26.